The van der Waals surface area contributed by atoms with Gasteiger partial charge in [0.05, 0.1) is 0 Å². The van der Waals surface area contributed by atoms with Crippen molar-refractivity contribution in [2.24, 2.45) is 0 Å². The zero-order valence-corrected chi connectivity index (χ0v) is 9.32. The molecule has 0 atom stereocenters. The van der Waals surface area contributed by atoms with Gasteiger partial charge >= 0.3 is 6.03 Å². The van der Waals surface area contributed by atoms with Gasteiger partial charge in [-0.3, -0.25) is 0 Å². The summed E-state index contributed by atoms with van der Waals surface area (Å²) in [4.78, 5) is 12.8. The number of hydrogen-bond donors (Lipinski definition) is 2. The molecular weight excluding hydrogens is 204 g/mol. The van der Waals surface area contributed by atoms with Crippen molar-refractivity contribution < 1.29 is 9.90 Å². The number of carbonyl (C=O) groups excluding carboxylic acids is 1. The normalized spacial score (nSPS) is 8.94. The van der Waals surface area contributed by atoms with Crippen molar-refractivity contribution in [1.82, 2.24) is 4.90 Å². The van der Waals surface area contributed by atoms with E-state index in [2.05, 4.69) is 17.2 Å². The molecular formula is C12H14N2O2. The lowest BCUT2D eigenvalue weighted by Gasteiger charge is -2.11. The van der Waals surface area contributed by atoms with Gasteiger partial charge in [0.15, 0.2) is 0 Å². The van der Waals surface area contributed by atoms with E-state index < -0.39 is 0 Å². The van der Waals surface area contributed by atoms with Crippen LogP contribution in [0.15, 0.2) is 24.3 Å². The Balaban J connectivity index is 2.68. The fraction of sp³-hybridized carbons (Fsp3) is 0.250. The smallest absolute Gasteiger partial charge is 0.321 e. The molecule has 2 amide bonds. The summed E-state index contributed by atoms with van der Waals surface area (Å²) in [6, 6.07) is 6.93. The minimum atomic E-state index is -0.172. The Bertz CT molecular complexity index is 413. The highest BCUT2D eigenvalue weighted by atomic mass is 16.2. The summed E-state index contributed by atoms with van der Waals surface area (Å²) in [6.45, 7) is -0.154. The first-order valence-corrected chi connectivity index (χ1v) is 4.81. The van der Waals surface area contributed by atoms with E-state index in [1.165, 1.54) is 4.90 Å². The Labute approximate surface area is 94.9 Å². The predicted octanol–water partition coefficient (Wildman–Crippen LogP) is 1.12. The Morgan fingerprint density at radius 3 is 2.50 bits per heavy atom. The number of aliphatic hydroxyl groups is 1. The van der Waals surface area contributed by atoms with Crippen LogP contribution in [0.3, 0.4) is 0 Å². The molecule has 0 aromatic heterocycles. The second-order valence-corrected chi connectivity index (χ2v) is 3.36. The van der Waals surface area contributed by atoms with Gasteiger partial charge in [0.25, 0.3) is 0 Å². The fourth-order valence-electron chi connectivity index (χ4n) is 1.01. The number of urea groups is 1. The van der Waals surface area contributed by atoms with Crippen molar-refractivity contribution in [1.29, 1.82) is 0 Å². The summed E-state index contributed by atoms with van der Waals surface area (Å²) in [7, 11) is 3.35. The molecule has 0 heterocycles. The summed E-state index contributed by atoms with van der Waals surface area (Å²) < 4.78 is 0. The van der Waals surface area contributed by atoms with Gasteiger partial charge in [0.2, 0.25) is 0 Å². The highest BCUT2D eigenvalue weighted by Gasteiger charge is 2.02. The molecule has 0 bridgehead atoms. The lowest BCUT2D eigenvalue weighted by atomic mass is 10.2. The molecule has 0 unspecified atom stereocenters. The van der Waals surface area contributed by atoms with Crippen molar-refractivity contribution in [3.63, 3.8) is 0 Å². The highest BCUT2D eigenvalue weighted by molar-refractivity contribution is 5.88. The number of carbonyl (C=O) groups is 1. The van der Waals surface area contributed by atoms with Crippen LogP contribution in [0, 0.1) is 11.8 Å². The maximum absolute atomic E-state index is 11.3. The van der Waals surface area contributed by atoms with Crippen LogP contribution < -0.4 is 5.32 Å². The van der Waals surface area contributed by atoms with Crippen LogP contribution in [-0.4, -0.2) is 36.7 Å². The molecule has 0 saturated heterocycles. The largest absolute Gasteiger partial charge is 0.384 e. The summed E-state index contributed by atoms with van der Waals surface area (Å²) in [5, 5.41) is 11.2. The zero-order valence-electron chi connectivity index (χ0n) is 9.32. The maximum atomic E-state index is 11.3. The van der Waals surface area contributed by atoms with Gasteiger partial charge in [-0.25, -0.2) is 4.79 Å². The summed E-state index contributed by atoms with van der Waals surface area (Å²) in [6.07, 6.45) is 0. The number of rotatable bonds is 1. The average Bonchev–Trinajstić information content (AvgIpc) is 2.28. The third kappa shape index (κ3) is 3.64. The zero-order chi connectivity index (χ0) is 12.0. The molecule has 1 aromatic rings. The van der Waals surface area contributed by atoms with Gasteiger partial charge in [-0.2, -0.15) is 0 Å². The Morgan fingerprint density at radius 2 is 2.00 bits per heavy atom. The van der Waals surface area contributed by atoms with Crippen LogP contribution in [0.2, 0.25) is 0 Å². The number of amides is 2. The second-order valence-electron chi connectivity index (χ2n) is 3.36. The summed E-state index contributed by atoms with van der Waals surface area (Å²) in [5.74, 6) is 5.33. The number of nitrogens with zero attached hydrogens (tertiary/aromatic N) is 1. The Kier molecular flexibility index (Phi) is 4.37. The fourth-order valence-corrected chi connectivity index (χ4v) is 1.01. The molecule has 4 heteroatoms. The molecule has 0 aliphatic carbocycles. The molecule has 0 fully saturated rings. The van der Waals surface area contributed by atoms with Crippen LogP contribution >= 0.6 is 0 Å². The monoisotopic (exact) mass is 218 g/mol. The van der Waals surface area contributed by atoms with Crippen LogP contribution in [-0.2, 0) is 0 Å². The highest BCUT2D eigenvalue weighted by Crippen LogP contribution is 2.09. The lowest BCUT2D eigenvalue weighted by Crippen LogP contribution is -2.27. The van der Waals surface area contributed by atoms with E-state index in [1.54, 1.807) is 38.4 Å². The maximum Gasteiger partial charge on any atom is 0.321 e. The van der Waals surface area contributed by atoms with E-state index in [0.717, 1.165) is 5.56 Å². The van der Waals surface area contributed by atoms with Crippen molar-refractivity contribution in [2.45, 2.75) is 0 Å². The van der Waals surface area contributed by atoms with Crippen molar-refractivity contribution in [3.05, 3.63) is 29.8 Å². The molecule has 16 heavy (non-hydrogen) atoms. The van der Waals surface area contributed by atoms with Crippen LogP contribution in [0.1, 0.15) is 5.56 Å². The number of nitrogens with one attached hydrogen (secondary N) is 1. The quantitative estimate of drug-likeness (QED) is 0.694. The van der Waals surface area contributed by atoms with Gasteiger partial charge in [0.1, 0.15) is 6.61 Å². The molecule has 0 aliphatic heterocycles. The predicted molar refractivity (Wildman–Crippen MR) is 63.1 cm³/mol. The van der Waals surface area contributed by atoms with Gasteiger partial charge < -0.3 is 15.3 Å². The third-order valence-electron chi connectivity index (χ3n) is 1.85. The van der Waals surface area contributed by atoms with E-state index in [-0.39, 0.29) is 12.6 Å². The molecule has 1 rings (SSSR count). The third-order valence-corrected chi connectivity index (χ3v) is 1.85. The van der Waals surface area contributed by atoms with Crippen LogP contribution in [0.5, 0.6) is 0 Å². The molecule has 0 aliphatic rings. The van der Waals surface area contributed by atoms with Crippen LogP contribution in [0.4, 0.5) is 10.5 Å². The molecule has 0 spiro atoms. The molecule has 1 aromatic carbocycles. The standard InChI is InChI=1S/C12H14N2O2/c1-14(2)12(16)13-11-7-5-10(6-8-11)4-3-9-15/h5-8,15H,9H2,1-2H3,(H,13,16). The number of hydrogen-bond acceptors (Lipinski definition) is 2. The average molecular weight is 218 g/mol. The van der Waals surface area contributed by atoms with Crippen molar-refractivity contribution >= 4 is 11.7 Å². The Hall–Kier alpha value is -1.99. The van der Waals surface area contributed by atoms with E-state index in [4.69, 9.17) is 5.11 Å². The molecule has 0 saturated carbocycles. The molecule has 0 radical (unpaired) electrons. The SMILES string of the molecule is CN(C)C(=O)Nc1ccc(C#CCO)cc1. The first kappa shape index (κ1) is 12.1. The first-order chi connectivity index (χ1) is 7.63. The first-order valence-electron chi connectivity index (χ1n) is 4.81. The topological polar surface area (TPSA) is 52.6 Å². The lowest BCUT2D eigenvalue weighted by molar-refractivity contribution is 0.230. The van der Waals surface area contributed by atoms with Gasteiger partial charge in [-0.05, 0) is 24.3 Å². The number of aliphatic hydroxyl groups excluding tert-OH is 1. The van der Waals surface area contributed by atoms with Crippen molar-refractivity contribution in [3.8, 4) is 11.8 Å². The minimum Gasteiger partial charge on any atom is -0.384 e. The van der Waals surface area contributed by atoms with Gasteiger partial charge in [-0.15, -0.1) is 0 Å². The van der Waals surface area contributed by atoms with Gasteiger partial charge in [0, 0.05) is 25.3 Å². The van der Waals surface area contributed by atoms with Crippen molar-refractivity contribution in [2.75, 3.05) is 26.0 Å². The number of benzene rings is 1. The molecule has 84 valence electrons. The Morgan fingerprint density at radius 1 is 1.38 bits per heavy atom. The van der Waals surface area contributed by atoms with Gasteiger partial charge in [-0.1, -0.05) is 11.8 Å². The number of anilines is 1. The van der Waals surface area contributed by atoms with E-state index in [9.17, 15) is 4.79 Å². The summed E-state index contributed by atoms with van der Waals surface area (Å²) in [5.41, 5.74) is 1.52. The molecule has 2 N–H and O–H groups in total. The minimum absolute atomic E-state index is 0.154. The molecule has 4 nitrogen and oxygen atoms in total. The van der Waals surface area contributed by atoms with E-state index in [1.807, 2.05) is 0 Å². The second kappa shape index (κ2) is 5.79. The van der Waals surface area contributed by atoms with E-state index in [0.29, 0.717) is 5.69 Å². The van der Waals surface area contributed by atoms with E-state index >= 15 is 0 Å². The van der Waals surface area contributed by atoms with Crippen LogP contribution in [0.25, 0.3) is 0 Å². The summed E-state index contributed by atoms with van der Waals surface area (Å²) >= 11 is 0.